The maximum Gasteiger partial charge on any atom is 0.0508 e. The fourth-order valence-corrected chi connectivity index (χ4v) is 5.78. The zero-order chi connectivity index (χ0) is 12.1. The van der Waals surface area contributed by atoms with Crippen LogP contribution in [0.15, 0.2) is 11.6 Å². The molecule has 4 aliphatic carbocycles. The van der Waals surface area contributed by atoms with Gasteiger partial charge in [0.2, 0.25) is 0 Å². The largest absolute Gasteiger partial charge is 0.396 e. The van der Waals surface area contributed by atoms with Gasteiger partial charge >= 0.3 is 0 Å². The minimum absolute atomic E-state index is 0.335. The van der Waals surface area contributed by atoms with E-state index in [9.17, 15) is 5.11 Å². The van der Waals surface area contributed by atoms with E-state index in [1.807, 2.05) is 0 Å². The molecule has 1 aliphatic heterocycles. The van der Waals surface area contributed by atoms with Crippen molar-refractivity contribution in [2.75, 3.05) is 19.7 Å². The topological polar surface area (TPSA) is 32.3 Å². The van der Waals surface area contributed by atoms with E-state index in [2.05, 4.69) is 11.4 Å². The molecule has 18 heavy (non-hydrogen) atoms. The zero-order valence-electron chi connectivity index (χ0n) is 11.1. The fourth-order valence-electron chi connectivity index (χ4n) is 5.78. The number of nitrogens with one attached hydrogen (secondary N) is 1. The average Bonchev–Trinajstić information content (AvgIpc) is 2.38. The Morgan fingerprint density at radius 3 is 2.33 bits per heavy atom. The lowest BCUT2D eigenvalue weighted by molar-refractivity contribution is -0.0263. The monoisotopic (exact) mass is 247 g/mol. The van der Waals surface area contributed by atoms with Gasteiger partial charge in [0.15, 0.2) is 0 Å². The lowest BCUT2D eigenvalue weighted by Crippen LogP contribution is -2.48. The van der Waals surface area contributed by atoms with Crippen LogP contribution in [0.5, 0.6) is 0 Å². The smallest absolute Gasteiger partial charge is 0.0508 e. The van der Waals surface area contributed by atoms with Crippen LogP contribution in [-0.4, -0.2) is 24.8 Å². The summed E-state index contributed by atoms with van der Waals surface area (Å²) in [5.74, 6) is 5.26. The summed E-state index contributed by atoms with van der Waals surface area (Å²) in [6, 6.07) is 0. The highest BCUT2D eigenvalue weighted by molar-refractivity contribution is 5.21. The first kappa shape index (κ1) is 11.5. The maximum atomic E-state index is 9.64. The summed E-state index contributed by atoms with van der Waals surface area (Å²) < 4.78 is 0. The number of hydrogen-bond acceptors (Lipinski definition) is 2. The molecular formula is C16H25NO. The standard InChI is InChI=1S/C16H25NO/c18-9-14-8-17-2-1-15(14)16-12-4-10-3-11(6-12)7-13(16)5-10/h1,10-14,16-18H,2-9H2. The molecule has 1 unspecified atom stereocenters. The second kappa shape index (κ2) is 4.35. The predicted octanol–water partition coefficient (Wildman–Crippen LogP) is 2.20. The Labute approximate surface area is 110 Å². The third-order valence-corrected chi connectivity index (χ3v) is 6.18. The van der Waals surface area contributed by atoms with Crippen molar-refractivity contribution in [3.8, 4) is 0 Å². The van der Waals surface area contributed by atoms with Gasteiger partial charge < -0.3 is 10.4 Å². The Hall–Kier alpha value is -0.340. The molecule has 2 heteroatoms. The van der Waals surface area contributed by atoms with Gasteiger partial charge in [-0.05, 0) is 61.7 Å². The summed E-state index contributed by atoms with van der Waals surface area (Å²) in [6.45, 7) is 2.35. The van der Waals surface area contributed by atoms with Crippen LogP contribution >= 0.6 is 0 Å². The van der Waals surface area contributed by atoms with Crippen molar-refractivity contribution in [3.63, 3.8) is 0 Å². The molecule has 0 aromatic carbocycles. The van der Waals surface area contributed by atoms with E-state index in [0.717, 1.165) is 42.7 Å². The minimum Gasteiger partial charge on any atom is -0.396 e. The van der Waals surface area contributed by atoms with E-state index < -0.39 is 0 Å². The summed E-state index contributed by atoms with van der Waals surface area (Å²) in [6.07, 6.45) is 9.89. The summed E-state index contributed by atoms with van der Waals surface area (Å²) >= 11 is 0. The van der Waals surface area contributed by atoms with E-state index in [1.54, 1.807) is 5.57 Å². The second-order valence-corrected chi connectivity index (χ2v) is 7.20. The summed E-state index contributed by atoms with van der Waals surface area (Å²) in [7, 11) is 0. The number of aliphatic hydroxyl groups is 1. The molecule has 100 valence electrons. The van der Waals surface area contributed by atoms with Crippen LogP contribution in [0.4, 0.5) is 0 Å². The van der Waals surface area contributed by atoms with Crippen LogP contribution < -0.4 is 5.32 Å². The highest BCUT2D eigenvalue weighted by Crippen LogP contribution is 2.59. The van der Waals surface area contributed by atoms with Crippen LogP contribution in [-0.2, 0) is 0 Å². The summed E-state index contributed by atoms with van der Waals surface area (Å²) in [5, 5.41) is 13.0. The molecular weight excluding hydrogens is 222 g/mol. The van der Waals surface area contributed by atoms with Gasteiger partial charge in [-0.25, -0.2) is 0 Å². The Morgan fingerprint density at radius 1 is 1.06 bits per heavy atom. The SMILES string of the molecule is OCC1CNCC=C1C1C2CC3CC(C2)CC1C3. The van der Waals surface area contributed by atoms with E-state index in [1.165, 1.54) is 32.1 Å². The molecule has 5 aliphatic rings. The van der Waals surface area contributed by atoms with Crippen LogP contribution in [0.2, 0.25) is 0 Å². The van der Waals surface area contributed by atoms with Gasteiger partial charge in [-0.1, -0.05) is 11.6 Å². The van der Waals surface area contributed by atoms with Crippen molar-refractivity contribution in [2.24, 2.45) is 35.5 Å². The molecule has 0 aromatic heterocycles. The lowest BCUT2D eigenvalue weighted by atomic mass is 9.49. The van der Waals surface area contributed by atoms with Gasteiger partial charge in [-0.2, -0.15) is 0 Å². The zero-order valence-corrected chi connectivity index (χ0v) is 11.1. The highest BCUT2D eigenvalue weighted by Gasteiger charge is 2.49. The first-order valence-electron chi connectivity index (χ1n) is 7.86. The highest BCUT2D eigenvalue weighted by atomic mass is 16.3. The number of hydrogen-bond donors (Lipinski definition) is 2. The van der Waals surface area contributed by atoms with Crippen molar-refractivity contribution in [1.82, 2.24) is 5.32 Å². The third-order valence-electron chi connectivity index (χ3n) is 6.18. The molecule has 0 spiro atoms. The van der Waals surface area contributed by atoms with Crippen molar-refractivity contribution < 1.29 is 5.11 Å². The first-order chi connectivity index (χ1) is 8.85. The first-order valence-corrected chi connectivity index (χ1v) is 7.86. The summed E-state index contributed by atoms with van der Waals surface area (Å²) in [4.78, 5) is 0. The molecule has 0 aromatic rings. The quantitative estimate of drug-likeness (QED) is 0.733. The molecule has 2 N–H and O–H groups in total. The molecule has 4 fully saturated rings. The van der Waals surface area contributed by atoms with Gasteiger partial charge in [-0.3, -0.25) is 0 Å². The Kier molecular flexibility index (Phi) is 2.77. The Bertz CT molecular complexity index is 334. The van der Waals surface area contributed by atoms with E-state index >= 15 is 0 Å². The third kappa shape index (κ3) is 1.69. The normalized spacial score (nSPS) is 50.4. The van der Waals surface area contributed by atoms with Gasteiger partial charge in [-0.15, -0.1) is 0 Å². The Balaban J connectivity index is 1.62. The van der Waals surface area contributed by atoms with E-state index in [4.69, 9.17) is 0 Å². The second-order valence-electron chi connectivity index (χ2n) is 7.20. The molecule has 5 rings (SSSR count). The van der Waals surface area contributed by atoms with E-state index in [0.29, 0.717) is 12.5 Å². The molecule has 4 bridgehead atoms. The molecule has 2 nitrogen and oxygen atoms in total. The molecule has 0 radical (unpaired) electrons. The fraction of sp³-hybridized carbons (Fsp3) is 0.875. The van der Waals surface area contributed by atoms with Crippen molar-refractivity contribution in [3.05, 3.63) is 11.6 Å². The van der Waals surface area contributed by atoms with Gasteiger partial charge in [0, 0.05) is 19.0 Å². The van der Waals surface area contributed by atoms with Gasteiger partial charge in [0.05, 0.1) is 6.61 Å². The molecule has 1 heterocycles. The van der Waals surface area contributed by atoms with Crippen LogP contribution in [0.1, 0.15) is 32.1 Å². The minimum atomic E-state index is 0.335. The average molecular weight is 247 g/mol. The summed E-state index contributed by atoms with van der Waals surface area (Å²) in [5.41, 5.74) is 1.63. The van der Waals surface area contributed by atoms with Crippen LogP contribution in [0.3, 0.4) is 0 Å². The lowest BCUT2D eigenvalue weighted by Gasteiger charge is -2.56. The van der Waals surface area contributed by atoms with Crippen molar-refractivity contribution in [2.45, 2.75) is 32.1 Å². The number of aliphatic hydroxyl groups excluding tert-OH is 1. The van der Waals surface area contributed by atoms with Crippen molar-refractivity contribution in [1.29, 1.82) is 0 Å². The van der Waals surface area contributed by atoms with Crippen LogP contribution in [0, 0.1) is 35.5 Å². The molecule has 4 saturated carbocycles. The van der Waals surface area contributed by atoms with Crippen LogP contribution in [0.25, 0.3) is 0 Å². The van der Waals surface area contributed by atoms with Crippen molar-refractivity contribution >= 4 is 0 Å². The molecule has 0 amide bonds. The molecule has 1 atom stereocenters. The predicted molar refractivity (Wildman–Crippen MR) is 72.1 cm³/mol. The van der Waals surface area contributed by atoms with Gasteiger partial charge in [0.25, 0.3) is 0 Å². The number of rotatable bonds is 2. The Morgan fingerprint density at radius 2 is 1.72 bits per heavy atom. The van der Waals surface area contributed by atoms with E-state index in [-0.39, 0.29) is 0 Å². The van der Waals surface area contributed by atoms with Gasteiger partial charge in [0.1, 0.15) is 0 Å². The molecule has 0 saturated heterocycles. The maximum absolute atomic E-state index is 9.64.